The Kier molecular flexibility index (Phi) is 2.28. The van der Waals surface area contributed by atoms with E-state index in [4.69, 9.17) is 5.73 Å². The number of rotatable bonds is 1. The molecule has 1 aliphatic carbocycles. The van der Waals surface area contributed by atoms with E-state index < -0.39 is 0 Å². The highest BCUT2D eigenvalue weighted by Crippen LogP contribution is 2.40. The molecular weight excluding hydrogens is 200 g/mol. The number of benzene rings is 1. The molecule has 2 fully saturated rings. The highest BCUT2D eigenvalue weighted by atomic mass is 16.3. The Morgan fingerprint density at radius 2 is 2.00 bits per heavy atom. The SMILES string of the molecule is Nc1ccccc1N1CC2CCC(O)C2C1. The fourth-order valence-electron chi connectivity index (χ4n) is 3.21. The summed E-state index contributed by atoms with van der Waals surface area (Å²) in [5, 5.41) is 9.88. The molecule has 3 rings (SSSR count). The molecule has 3 atom stereocenters. The number of aliphatic hydroxyl groups is 1. The molecule has 3 unspecified atom stereocenters. The lowest BCUT2D eigenvalue weighted by molar-refractivity contribution is 0.133. The monoisotopic (exact) mass is 218 g/mol. The predicted molar refractivity (Wildman–Crippen MR) is 65.3 cm³/mol. The summed E-state index contributed by atoms with van der Waals surface area (Å²) < 4.78 is 0. The van der Waals surface area contributed by atoms with Crippen molar-refractivity contribution in [3.05, 3.63) is 24.3 Å². The zero-order chi connectivity index (χ0) is 11.1. The van der Waals surface area contributed by atoms with Crippen molar-refractivity contribution in [2.24, 2.45) is 11.8 Å². The highest BCUT2D eigenvalue weighted by molar-refractivity contribution is 5.67. The van der Waals surface area contributed by atoms with Crippen molar-refractivity contribution in [2.45, 2.75) is 18.9 Å². The summed E-state index contributed by atoms with van der Waals surface area (Å²) in [5.74, 6) is 1.12. The molecule has 1 saturated carbocycles. The van der Waals surface area contributed by atoms with Crippen molar-refractivity contribution in [2.75, 3.05) is 23.7 Å². The number of nitrogen functional groups attached to an aromatic ring is 1. The fraction of sp³-hybridized carbons (Fsp3) is 0.538. The summed E-state index contributed by atoms with van der Waals surface area (Å²) in [6, 6.07) is 8.00. The Hall–Kier alpha value is -1.22. The maximum Gasteiger partial charge on any atom is 0.0600 e. The van der Waals surface area contributed by atoms with Crippen LogP contribution in [-0.4, -0.2) is 24.3 Å². The molecule has 0 spiro atoms. The van der Waals surface area contributed by atoms with Gasteiger partial charge in [0, 0.05) is 19.0 Å². The number of hydrogen-bond acceptors (Lipinski definition) is 3. The maximum absolute atomic E-state index is 9.88. The molecule has 86 valence electrons. The largest absolute Gasteiger partial charge is 0.397 e. The molecule has 3 N–H and O–H groups in total. The number of hydrogen-bond donors (Lipinski definition) is 2. The minimum absolute atomic E-state index is 0.0973. The van der Waals surface area contributed by atoms with Crippen LogP contribution in [0, 0.1) is 11.8 Å². The van der Waals surface area contributed by atoms with Crippen molar-refractivity contribution in [3.8, 4) is 0 Å². The molecule has 0 bridgehead atoms. The number of anilines is 2. The molecule has 2 aliphatic rings. The molecule has 16 heavy (non-hydrogen) atoms. The third-order valence-electron chi connectivity index (χ3n) is 4.10. The normalized spacial score (nSPS) is 33.1. The molecule has 1 aliphatic heterocycles. The second-order valence-electron chi connectivity index (χ2n) is 5.03. The average molecular weight is 218 g/mol. The van der Waals surface area contributed by atoms with Crippen molar-refractivity contribution < 1.29 is 5.11 Å². The van der Waals surface area contributed by atoms with Gasteiger partial charge >= 0.3 is 0 Å². The molecule has 1 aromatic rings. The molecule has 1 heterocycles. The molecular formula is C13H18N2O. The molecule has 0 amide bonds. The van der Waals surface area contributed by atoms with Gasteiger partial charge in [-0.15, -0.1) is 0 Å². The lowest BCUT2D eigenvalue weighted by Crippen LogP contribution is -2.25. The van der Waals surface area contributed by atoms with E-state index in [1.165, 1.54) is 0 Å². The summed E-state index contributed by atoms with van der Waals surface area (Å²) in [7, 11) is 0. The van der Waals surface area contributed by atoms with Crippen LogP contribution < -0.4 is 10.6 Å². The van der Waals surface area contributed by atoms with Gasteiger partial charge in [0.25, 0.3) is 0 Å². The van der Waals surface area contributed by atoms with E-state index in [-0.39, 0.29) is 6.10 Å². The van der Waals surface area contributed by atoms with Crippen LogP contribution in [0.4, 0.5) is 11.4 Å². The molecule has 1 saturated heterocycles. The molecule has 0 radical (unpaired) electrons. The van der Waals surface area contributed by atoms with E-state index in [0.717, 1.165) is 37.3 Å². The second-order valence-corrected chi connectivity index (χ2v) is 5.03. The first kappa shape index (κ1) is 9.97. The van der Waals surface area contributed by atoms with Crippen LogP contribution in [0.3, 0.4) is 0 Å². The van der Waals surface area contributed by atoms with Crippen LogP contribution in [0.5, 0.6) is 0 Å². The Bertz CT molecular complexity index is 393. The van der Waals surface area contributed by atoms with Gasteiger partial charge in [0.1, 0.15) is 0 Å². The third-order valence-corrected chi connectivity index (χ3v) is 4.10. The fourth-order valence-corrected chi connectivity index (χ4v) is 3.21. The van der Waals surface area contributed by atoms with E-state index >= 15 is 0 Å². The van der Waals surface area contributed by atoms with Gasteiger partial charge in [-0.25, -0.2) is 0 Å². The number of nitrogens with zero attached hydrogens (tertiary/aromatic N) is 1. The second kappa shape index (κ2) is 3.67. The van der Waals surface area contributed by atoms with Crippen LogP contribution in [0.15, 0.2) is 24.3 Å². The topological polar surface area (TPSA) is 49.5 Å². The van der Waals surface area contributed by atoms with Crippen molar-refractivity contribution >= 4 is 11.4 Å². The van der Waals surface area contributed by atoms with Crippen LogP contribution in [0.2, 0.25) is 0 Å². The van der Waals surface area contributed by atoms with Crippen LogP contribution >= 0.6 is 0 Å². The van der Waals surface area contributed by atoms with Crippen LogP contribution in [0.1, 0.15) is 12.8 Å². The van der Waals surface area contributed by atoms with Gasteiger partial charge in [-0.1, -0.05) is 12.1 Å². The van der Waals surface area contributed by atoms with Gasteiger partial charge in [-0.3, -0.25) is 0 Å². The summed E-state index contributed by atoms with van der Waals surface area (Å²) in [6.45, 7) is 2.01. The quantitative estimate of drug-likeness (QED) is 0.702. The summed E-state index contributed by atoms with van der Waals surface area (Å²) in [4.78, 5) is 2.33. The third kappa shape index (κ3) is 1.47. The number of aliphatic hydroxyl groups excluding tert-OH is 1. The first-order valence-corrected chi connectivity index (χ1v) is 6.03. The van der Waals surface area contributed by atoms with E-state index in [1.807, 2.05) is 18.2 Å². The number of nitrogens with two attached hydrogens (primary N) is 1. The summed E-state index contributed by atoms with van der Waals surface area (Å²) in [6.07, 6.45) is 2.04. The standard InChI is InChI=1S/C13H18N2O/c14-11-3-1-2-4-12(11)15-7-9-5-6-13(16)10(9)8-15/h1-4,9-10,13,16H,5-8,14H2. The smallest absolute Gasteiger partial charge is 0.0600 e. The molecule has 1 aromatic carbocycles. The van der Waals surface area contributed by atoms with Gasteiger partial charge in [-0.05, 0) is 30.9 Å². The molecule has 3 nitrogen and oxygen atoms in total. The highest BCUT2D eigenvalue weighted by Gasteiger charge is 2.42. The summed E-state index contributed by atoms with van der Waals surface area (Å²) in [5.41, 5.74) is 7.95. The van der Waals surface area contributed by atoms with Crippen LogP contribution in [0.25, 0.3) is 0 Å². The predicted octanol–water partition coefficient (Wildman–Crippen LogP) is 1.48. The van der Waals surface area contributed by atoms with Gasteiger partial charge in [-0.2, -0.15) is 0 Å². The Balaban J connectivity index is 1.82. The Morgan fingerprint density at radius 1 is 1.19 bits per heavy atom. The van der Waals surface area contributed by atoms with E-state index in [0.29, 0.717) is 11.8 Å². The zero-order valence-corrected chi connectivity index (χ0v) is 9.34. The summed E-state index contributed by atoms with van der Waals surface area (Å²) >= 11 is 0. The maximum atomic E-state index is 9.88. The van der Waals surface area contributed by atoms with Crippen molar-refractivity contribution in [1.29, 1.82) is 0 Å². The molecule has 0 aromatic heterocycles. The van der Waals surface area contributed by atoms with E-state index in [1.54, 1.807) is 0 Å². The number of para-hydroxylation sites is 2. The lowest BCUT2D eigenvalue weighted by Gasteiger charge is -2.22. The molecule has 3 heteroatoms. The minimum Gasteiger partial charge on any atom is -0.397 e. The van der Waals surface area contributed by atoms with E-state index in [9.17, 15) is 5.11 Å². The number of fused-ring (bicyclic) bond motifs is 1. The zero-order valence-electron chi connectivity index (χ0n) is 9.34. The Labute approximate surface area is 95.9 Å². The van der Waals surface area contributed by atoms with Gasteiger partial charge in [0.2, 0.25) is 0 Å². The first-order chi connectivity index (χ1) is 7.75. The van der Waals surface area contributed by atoms with Gasteiger partial charge < -0.3 is 15.7 Å². The minimum atomic E-state index is -0.0973. The van der Waals surface area contributed by atoms with Gasteiger partial charge in [0.05, 0.1) is 17.5 Å². The van der Waals surface area contributed by atoms with Crippen molar-refractivity contribution in [1.82, 2.24) is 0 Å². The van der Waals surface area contributed by atoms with Gasteiger partial charge in [0.15, 0.2) is 0 Å². The first-order valence-electron chi connectivity index (χ1n) is 6.03. The van der Waals surface area contributed by atoms with Crippen molar-refractivity contribution in [3.63, 3.8) is 0 Å². The average Bonchev–Trinajstić information content (AvgIpc) is 2.82. The lowest BCUT2D eigenvalue weighted by atomic mass is 10.00. The Morgan fingerprint density at radius 3 is 2.75 bits per heavy atom. The van der Waals surface area contributed by atoms with Crippen LogP contribution in [-0.2, 0) is 0 Å². The van der Waals surface area contributed by atoms with E-state index in [2.05, 4.69) is 11.0 Å².